The first-order chi connectivity index (χ1) is 13.9. The third-order valence-electron chi connectivity index (χ3n) is 5.33. The van der Waals surface area contributed by atoms with Gasteiger partial charge in [0.05, 0.1) is 4.92 Å². The Hall–Kier alpha value is -2.70. The van der Waals surface area contributed by atoms with Crippen LogP contribution in [-0.2, 0) is 9.59 Å². The second-order valence-corrected chi connectivity index (χ2v) is 7.91. The number of rotatable bonds is 3. The van der Waals surface area contributed by atoms with Gasteiger partial charge in [-0.3, -0.25) is 24.6 Å². The summed E-state index contributed by atoms with van der Waals surface area (Å²) >= 11 is 12.4. The molecule has 1 amide bonds. The largest absolute Gasteiger partial charge is 0.294 e. The van der Waals surface area contributed by atoms with Crippen LogP contribution in [0, 0.1) is 10.1 Å². The average Bonchev–Trinajstić information content (AvgIpc) is 2.68. The van der Waals surface area contributed by atoms with E-state index in [0.717, 1.165) is 0 Å². The Balaban J connectivity index is 1.83. The lowest BCUT2D eigenvalue weighted by Gasteiger charge is -2.38. The molecule has 6 nitrogen and oxygen atoms in total. The van der Waals surface area contributed by atoms with E-state index in [2.05, 4.69) is 0 Å². The summed E-state index contributed by atoms with van der Waals surface area (Å²) in [4.78, 5) is 37.9. The molecule has 0 aromatic heterocycles. The molecule has 0 spiro atoms. The lowest BCUT2D eigenvalue weighted by molar-refractivity contribution is -0.384. The van der Waals surface area contributed by atoms with Gasteiger partial charge in [0.2, 0.25) is 5.91 Å². The first-order valence-electron chi connectivity index (χ1n) is 9.15. The molecule has 0 saturated carbocycles. The van der Waals surface area contributed by atoms with E-state index in [0.29, 0.717) is 51.8 Å². The van der Waals surface area contributed by atoms with Gasteiger partial charge in [0.1, 0.15) is 0 Å². The molecule has 2 aliphatic rings. The second-order valence-electron chi connectivity index (χ2n) is 7.06. The first kappa shape index (κ1) is 19.6. The summed E-state index contributed by atoms with van der Waals surface area (Å²) in [6.07, 6.45) is 1.73. The van der Waals surface area contributed by atoms with Crippen LogP contribution in [-0.4, -0.2) is 16.6 Å². The fourth-order valence-electron chi connectivity index (χ4n) is 4.07. The third kappa shape index (κ3) is 3.54. The zero-order chi connectivity index (χ0) is 20.7. The van der Waals surface area contributed by atoms with Crippen LogP contribution >= 0.6 is 23.2 Å². The van der Waals surface area contributed by atoms with Crippen molar-refractivity contribution in [3.63, 3.8) is 0 Å². The molecule has 1 unspecified atom stereocenters. The topological polar surface area (TPSA) is 80.5 Å². The number of nitro groups is 1. The molecule has 1 aliphatic heterocycles. The molecule has 1 aliphatic carbocycles. The highest BCUT2D eigenvalue weighted by atomic mass is 35.5. The fourth-order valence-corrected chi connectivity index (χ4v) is 4.61. The quantitative estimate of drug-likeness (QED) is 0.480. The van der Waals surface area contributed by atoms with E-state index >= 15 is 0 Å². The molecular formula is C21H16Cl2N2O4. The molecule has 2 aromatic rings. The second kappa shape index (κ2) is 7.61. The Bertz CT molecular complexity index is 1060. The normalized spacial score (nSPS) is 19.4. The van der Waals surface area contributed by atoms with E-state index in [1.165, 1.54) is 29.2 Å². The van der Waals surface area contributed by atoms with E-state index in [-0.39, 0.29) is 23.8 Å². The van der Waals surface area contributed by atoms with Crippen molar-refractivity contribution in [2.45, 2.75) is 31.6 Å². The number of carbonyl (C=O) groups excluding carboxylic acids is 2. The molecule has 2 aromatic carbocycles. The number of amides is 1. The predicted molar refractivity (Wildman–Crippen MR) is 110 cm³/mol. The SMILES string of the molecule is O=C1CCCC2=C1C(c1ccc(Cl)cc1Cl)CC(=O)N2c1ccc([N+](=O)[O-])cc1. The minimum Gasteiger partial charge on any atom is -0.294 e. The number of allylic oxidation sites excluding steroid dienone is 2. The Morgan fingerprint density at radius 1 is 1.03 bits per heavy atom. The van der Waals surface area contributed by atoms with Crippen molar-refractivity contribution in [2.24, 2.45) is 0 Å². The summed E-state index contributed by atoms with van der Waals surface area (Å²) in [6.45, 7) is 0. The van der Waals surface area contributed by atoms with E-state index in [1.54, 1.807) is 18.2 Å². The van der Waals surface area contributed by atoms with Gasteiger partial charge in [-0.2, -0.15) is 0 Å². The summed E-state index contributed by atoms with van der Waals surface area (Å²) in [7, 11) is 0. The van der Waals surface area contributed by atoms with Gasteiger partial charge in [0.15, 0.2) is 5.78 Å². The Morgan fingerprint density at radius 3 is 2.41 bits per heavy atom. The zero-order valence-corrected chi connectivity index (χ0v) is 16.7. The number of carbonyl (C=O) groups is 2. The van der Waals surface area contributed by atoms with Gasteiger partial charge in [0, 0.05) is 57.9 Å². The highest BCUT2D eigenvalue weighted by molar-refractivity contribution is 6.35. The lowest BCUT2D eigenvalue weighted by Crippen LogP contribution is -2.40. The number of halogens is 2. The van der Waals surface area contributed by atoms with Crippen LogP contribution in [0.3, 0.4) is 0 Å². The molecule has 1 heterocycles. The monoisotopic (exact) mass is 430 g/mol. The van der Waals surface area contributed by atoms with Gasteiger partial charge in [-0.05, 0) is 42.7 Å². The van der Waals surface area contributed by atoms with E-state index in [9.17, 15) is 19.7 Å². The first-order valence-corrected chi connectivity index (χ1v) is 9.91. The third-order valence-corrected chi connectivity index (χ3v) is 5.89. The summed E-state index contributed by atoms with van der Waals surface area (Å²) in [6, 6.07) is 10.9. The van der Waals surface area contributed by atoms with Crippen LogP contribution < -0.4 is 4.90 Å². The van der Waals surface area contributed by atoms with Crippen LogP contribution in [0.1, 0.15) is 37.2 Å². The van der Waals surface area contributed by atoms with Gasteiger partial charge in [-0.25, -0.2) is 0 Å². The van der Waals surface area contributed by atoms with Crippen molar-refractivity contribution in [1.82, 2.24) is 0 Å². The van der Waals surface area contributed by atoms with E-state index < -0.39 is 10.8 Å². The maximum Gasteiger partial charge on any atom is 0.269 e. The fraction of sp³-hybridized carbons (Fsp3) is 0.238. The summed E-state index contributed by atoms with van der Waals surface area (Å²) < 4.78 is 0. The number of Topliss-reactive ketones (excluding diaryl/α,β-unsaturated/α-hetero) is 1. The minimum absolute atomic E-state index is 0.00155. The van der Waals surface area contributed by atoms with Crippen LogP contribution in [0.2, 0.25) is 10.0 Å². The smallest absolute Gasteiger partial charge is 0.269 e. The summed E-state index contributed by atoms with van der Waals surface area (Å²) in [5, 5.41) is 11.8. The summed E-state index contributed by atoms with van der Waals surface area (Å²) in [5.41, 5.74) is 2.41. The molecule has 0 bridgehead atoms. The lowest BCUT2D eigenvalue weighted by atomic mass is 9.77. The maximum atomic E-state index is 13.1. The van der Waals surface area contributed by atoms with Gasteiger partial charge < -0.3 is 0 Å². The van der Waals surface area contributed by atoms with Crippen molar-refractivity contribution in [3.05, 3.63) is 79.5 Å². The number of non-ortho nitro benzene ring substituents is 1. The molecule has 29 heavy (non-hydrogen) atoms. The highest BCUT2D eigenvalue weighted by Crippen LogP contribution is 2.45. The number of benzene rings is 2. The Labute approximate surface area is 176 Å². The Morgan fingerprint density at radius 2 is 1.76 bits per heavy atom. The molecule has 0 fully saturated rings. The number of hydrogen-bond acceptors (Lipinski definition) is 4. The molecule has 8 heteroatoms. The van der Waals surface area contributed by atoms with Crippen molar-refractivity contribution in [1.29, 1.82) is 0 Å². The van der Waals surface area contributed by atoms with Gasteiger partial charge >= 0.3 is 0 Å². The van der Waals surface area contributed by atoms with Crippen LogP contribution in [0.5, 0.6) is 0 Å². The molecule has 0 radical (unpaired) electrons. The van der Waals surface area contributed by atoms with Gasteiger partial charge in [0.25, 0.3) is 5.69 Å². The van der Waals surface area contributed by atoms with Crippen LogP contribution in [0.15, 0.2) is 53.7 Å². The molecule has 1 atom stereocenters. The Kier molecular flexibility index (Phi) is 5.15. The number of anilines is 1. The zero-order valence-electron chi connectivity index (χ0n) is 15.2. The van der Waals surface area contributed by atoms with Crippen molar-refractivity contribution in [2.75, 3.05) is 4.90 Å². The molecule has 0 N–H and O–H groups in total. The predicted octanol–water partition coefficient (Wildman–Crippen LogP) is 5.43. The molecule has 148 valence electrons. The van der Waals surface area contributed by atoms with E-state index in [4.69, 9.17) is 23.2 Å². The van der Waals surface area contributed by atoms with Gasteiger partial charge in [-0.15, -0.1) is 0 Å². The number of hydrogen-bond donors (Lipinski definition) is 0. The highest BCUT2D eigenvalue weighted by Gasteiger charge is 2.40. The molecule has 4 rings (SSSR count). The standard InChI is InChI=1S/C21H16Cl2N2O4/c22-12-4-9-15(17(23)10-12)16-11-20(27)24(18-2-1-3-19(26)21(16)18)13-5-7-14(8-6-13)25(28)29/h4-10,16H,1-3,11H2. The summed E-state index contributed by atoms with van der Waals surface area (Å²) in [5.74, 6) is -0.602. The number of nitrogens with zero attached hydrogens (tertiary/aromatic N) is 2. The minimum atomic E-state index is -0.491. The van der Waals surface area contributed by atoms with Crippen molar-refractivity contribution >= 4 is 46.3 Å². The van der Waals surface area contributed by atoms with Crippen LogP contribution in [0.4, 0.5) is 11.4 Å². The maximum absolute atomic E-state index is 13.1. The molecule has 0 saturated heterocycles. The average molecular weight is 431 g/mol. The van der Waals surface area contributed by atoms with Crippen LogP contribution in [0.25, 0.3) is 0 Å². The molecular weight excluding hydrogens is 415 g/mol. The number of nitro benzene ring substituents is 1. The van der Waals surface area contributed by atoms with Gasteiger partial charge in [-0.1, -0.05) is 29.3 Å². The van der Waals surface area contributed by atoms with E-state index in [1.807, 2.05) is 0 Å². The van der Waals surface area contributed by atoms with Crippen molar-refractivity contribution < 1.29 is 14.5 Å². The number of ketones is 1. The van der Waals surface area contributed by atoms with Crippen molar-refractivity contribution in [3.8, 4) is 0 Å².